The number of carbonyl (C=O) groups excluding carboxylic acids is 1. The third-order valence-electron chi connectivity index (χ3n) is 2.82. The van der Waals surface area contributed by atoms with Gasteiger partial charge in [0.2, 0.25) is 15.9 Å². The Hall–Kier alpha value is -1.44. The third kappa shape index (κ3) is 5.75. The first kappa shape index (κ1) is 18.6. The molecule has 22 heavy (non-hydrogen) atoms. The van der Waals surface area contributed by atoms with Gasteiger partial charge in [-0.15, -0.1) is 0 Å². The predicted octanol–water partition coefficient (Wildman–Crippen LogP) is 1.94. The summed E-state index contributed by atoms with van der Waals surface area (Å²) in [7, 11) is -0.578. The van der Waals surface area contributed by atoms with Gasteiger partial charge in [0.25, 0.3) is 0 Å². The molecule has 6 nitrogen and oxygen atoms in total. The average molecular weight is 328 g/mol. The minimum atomic E-state index is -3.51. The molecule has 0 bridgehead atoms. The van der Waals surface area contributed by atoms with E-state index in [0.29, 0.717) is 24.8 Å². The first-order valence-corrected chi connectivity index (χ1v) is 8.57. The van der Waals surface area contributed by atoms with Crippen LogP contribution in [-0.2, 0) is 19.6 Å². The smallest absolute Gasteiger partial charge is 0.242 e. The van der Waals surface area contributed by atoms with Crippen LogP contribution in [0.1, 0.15) is 20.3 Å². The standard InChI is InChI=1S/C15H24N2O4S/c1-12(2)11-21-9-8-15(18)16-13-6-5-7-14(10-13)22(19,20)17(3)4/h5-7,10,12H,8-9,11H2,1-4H3,(H,16,18). The molecule has 1 amide bonds. The summed E-state index contributed by atoms with van der Waals surface area (Å²) in [4.78, 5) is 11.9. The molecule has 7 heteroatoms. The lowest BCUT2D eigenvalue weighted by atomic mass is 10.2. The molecule has 0 saturated carbocycles. The van der Waals surface area contributed by atoms with Crippen LogP contribution < -0.4 is 5.32 Å². The summed E-state index contributed by atoms with van der Waals surface area (Å²) in [5.74, 6) is 0.221. The van der Waals surface area contributed by atoms with E-state index >= 15 is 0 Å². The Balaban J connectivity index is 2.62. The van der Waals surface area contributed by atoms with Crippen LogP contribution in [-0.4, -0.2) is 45.9 Å². The summed E-state index contributed by atoms with van der Waals surface area (Å²) in [6.45, 7) is 5.04. The Bertz CT molecular complexity index is 597. The number of hydrogen-bond donors (Lipinski definition) is 1. The van der Waals surface area contributed by atoms with Crippen molar-refractivity contribution in [2.45, 2.75) is 25.2 Å². The van der Waals surface area contributed by atoms with Gasteiger partial charge in [-0.05, 0) is 24.1 Å². The van der Waals surface area contributed by atoms with Gasteiger partial charge in [0.05, 0.1) is 17.9 Å². The van der Waals surface area contributed by atoms with Gasteiger partial charge in [0.15, 0.2) is 0 Å². The topological polar surface area (TPSA) is 75.7 Å². The minimum Gasteiger partial charge on any atom is -0.381 e. The maximum atomic E-state index is 12.0. The molecule has 1 aromatic carbocycles. The number of nitrogens with zero attached hydrogens (tertiary/aromatic N) is 1. The number of nitrogens with one attached hydrogen (secondary N) is 1. The fraction of sp³-hybridized carbons (Fsp3) is 0.533. The van der Waals surface area contributed by atoms with Crippen LogP contribution in [0.2, 0.25) is 0 Å². The number of amides is 1. The van der Waals surface area contributed by atoms with Gasteiger partial charge in [0.1, 0.15) is 0 Å². The van der Waals surface area contributed by atoms with Crippen molar-refractivity contribution in [1.29, 1.82) is 0 Å². The second-order valence-electron chi connectivity index (χ2n) is 5.58. The van der Waals surface area contributed by atoms with Gasteiger partial charge in [-0.25, -0.2) is 12.7 Å². The fourth-order valence-electron chi connectivity index (χ4n) is 1.65. The maximum absolute atomic E-state index is 12.0. The average Bonchev–Trinajstić information content (AvgIpc) is 2.43. The van der Waals surface area contributed by atoms with Gasteiger partial charge < -0.3 is 10.1 Å². The molecule has 124 valence electrons. The molecular weight excluding hydrogens is 304 g/mol. The molecule has 0 radical (unpaired) electrons. The third-order valence-corrected chi connectivity index (χ3v) is 4.63. The Morgan fingerprint density at radius 2 is 2.00 bits per heavy atom. The minimum absolute atomic E-state index is 0.145. The Labute approximate surface area is 132 Å². The highest BCUT2D eigenvalue weighted by molar-refractivity contribution is 7.89. The molecule has 0 atom stereocenters. The molecule has 0 spiro atoms. The number of rotatable bonds is 8. The summed E-state index contributed by atoms with van der Waals surface area (Å²) >= 11 is 0. The maximum Gasteiger partial charge on any atom is 0.242 e. The summed E-state index contributed by atoms with van der Waals surface area (Å²) < 4.78 is 30.6. The lowest BCUT2D eigenvalue weighted by Gasteiger charge is -2.13. The second-order valence-corrected chi connectivity index (χ2v) is 7.73. The van der Waals surface area contributed by atoms with Crippen LogP contribution >= 0.6 is 0 Å². The first-order chi connectivity index (χ1) is 10.2. The van der Waals surface area contributed by atoms with E-state index in [9.17, 15) is 13.2 Å². The normalized spacial score (nSPS) is 11.9. The second kappa shape index (κ2) is 8.26. The number of carbonyl (C=O) groups is 1. The zero-order valence-corrected chi connectivity index (χ0v) is 14.3. The molecule has 1 rings (SSSR count). The molecule has 1 N–H and O–H groups in total. The highest BCUT2D eigenvalue weighted by Crippen LogP contribution is 2.18. The molecular formula is C15H24N2O4S. The highest BCUT2D eigenvalue weighted by atomic mass is 32.2. The van der Waals surface area contributed by atoms with Crippen LogP contribution in [0.15, 0.2) is 29.2 Å². The number of benzene rings is 1. The number of ether oxygens (including phenoxy) is 1. The summed E-state index contributed by atoms with van der Waals surface area (Å²) in [5, 5.41) is 2.68. The first-order valence-electron chi connectivity index (χ1n) is 7.13. The van der Waals surface area contributed by atoms with Gasteiger partial charge in [-0.2, -0.15) is 0 Å². The van der Waals surface area contributed by atoms with Crippen molar-refractivity contribution in [3.8, 4) is 0 Å². The van der Waals surface area contributed by atoms with Crippen molar-refractivity contribution >= 4 is 21.6 Å². The monoisotopic (exact) mass is 328 g/mol. The summed E-state index contributed by atoms with van der Waals surface area (Å²) in [5.41, 5.74) is 0.455. The number of sulfonamides is 1. The molecule has 0 heterocycles. The van der Waals surface area contributed by atoms with Crippen molar-refractivity contribution in [1.82, 2.24) is 4.31 Å². The van der Waals surface area contributed by atoms with E-state index < -0.39 is 10.0 Å². The molecule has 0 saturated heterocycles. The molecule has 0 aliphatic carbocycles. The van der Waals surface area contributed by atoms with Crippen molar-refractivity contribution in [2.75, 3.05) is 32.6 Å². The lowest BCUT2D eigenvalue weighted by molar-refractivity contribution is -0.117. The summed E-state index contributed by atoms with van der Waals surface area (Å²) in [6.07, 6.45) is 0.234. The largest absolute Gasteiger partial charge is 0.381 e. The van der Waals surface area contributed by atoms with Crippen LogP contribution in [0.4, 0.5) is 5.69 Å². The number of hydrogen-bond acceptors (Lipinski definition) is 4. The predicted molar refractivity (Wildman–Crippen MR) is 86.2 cm³/mol. The van der Waals surface area contributed by atoms with Crippen molar-refractivity contribution in [3.63, 3.8) is 0 Å². The van der Waals surface area contributed by atoms with Crippen molar-refractivity contribution in [3.05, 3.63) is 24.3 Å². The zero-order valence-electron chi connectivity index (χ0n) is 13.5. The fourth-order valence-corrected chi connectivity index (χ4v) is 2.60. The van der Waals surface area contributed by atoms with E-state index in [4.69, 9.17) is 4.74 Å². The molecule has 1 aromatic rings. The molecule has 0 fully saturated rings. The van der Waals surface area contributed by atoms with Crippen LogP contribution in [0.3, 0.4) is 0 Å². The highest BCUT2D eigenvalue weighted by Gasteiger charge is 2.17. The molecule has 0 aliphatic heterocycles. The van der Waals surface area contributed by atoms with Gasteiger partial charge >= 0.3 is 0 Å². The van der Waals surface area contributed by atoms with E-state index in [0.717, 1.165) is 4.31 Å². The Morgan fingerprint density at radius 3 is 2.59 bits per heavy atom. The van der Waals surface area contributed by atoms with Gasteiger partial charge in [-0.1, -0.05) is 19.9 Å². The quantitative estimate of drug-likeness (QED) is 0.740. The van der Waals surface area contributed by atoms with Crippen molar-refractivity contribution in [2.24, 2.45) is 5.92 Å². The van der Waals surface area contributed by atoms with Gasteiger partial charge in [-0.3, -0.25) is 4.79 Å². The molecule has 0 aliphatic rings. The Morgan fingerprint density at radius 1 is 1.32 bits per heavy atom. The van der Waals surface area contributed by atoms with Crippen LogP contribution in [0, 0.1) is 5.92 Å². The molecule has 0 aromatic heterocycles. The van der Waals surface area contributed by atoms with Crippen molar-refractivity contribution < 1.29 is 17.9 Å². The van der Waals surface area contributed by atoms with E-state index in [-0.39, 0.29) is 17.2 Å². The number of anilines is 1. The van der Waals surface area contributed by atoms with E-state index in [1.807, 2.05) is 13.8 Å². The summed E-state index contributed by atoms with van der Waals surface area (Å²) in [6, 6.07) is 6.20. The Kier molecular flexibility index (Phi) is 6.99. The van der Waals surface area contributed by atoms with E-state index in [1.54, 1.807) is 12.1 Å². The van der Waals surface area contributed by atoms with E-state index in [2.05, 4.69) is 5.32 Å². The SMILES string of the molecule is CC(C)COCCC(=O)Nc1cccc(S(=O)(=O)N(C)C)c1. The molecule has 0 unspecified atom stereocenters. The van der Waals surface area contributed by atoms with Crippen LogP contribution in [0.5, 0.6) is 0 Å². The van der Waals surface area contributed by atoms with E-state index in [1.165, 1.54) is 26.2 Å². The van der Waals surface area contributed by atoms with Crippen LogP contribution in [0.25, 0.3) is 0 Å². The zero-order chi connectivity index (χ0) is 16.8. The van der Waals surface area contributed by atoms with Gasteiger partial charge in [0, 0.05) is 26.4 Å². The lowest BCUT2D eigenvalue weighted by Crippen LogP contribution is -2.22.